The SMILES string of the molecule is CNCc1cc(F)c(Oc2ccc3c(c2)CCC3)c(F)c1. The minimum absolute atomic E-state index is 0.340. The van der Waals surface area contributed by atoms with E-state index in [1.165, 1.54) is 23.3 Å². The number of benzene rings is 2. The average molecular weight is 289 g/mol. The van der Waals surface area contributed by atoms with Crippen molar-refractivity contribution in [2.75, 3.05) is 7.05 Å². The van der Waals surface area contributed by atoms with Crippen LogP contribution in [0.25, 0.3) is 0 Å². The summed E-state index contributed by atoms with van der Waals surface area (Å²) >= 11 is 0. The van der Waals surface area contributed by atoms with Gasteiger partial charge in [0.25, 0.3) is 0 Å². The molecule has 0 radical (unpaired) electrons. The lowest BCUT2D eigenvalue weighted by Crippen LogP contribution is -2.06. The lowest BCUT2D eigenvalue weighted by Gasteiger charge is -2.11. The molecule has 0 aromatic heterocycles. The molecule has 0 unspecified atom stereocenters. The first-order valence-corrected chi connectivity index (χ1v) is 7.09. The molecular formula is C17H17F2NO. The molecule has 0 fully saturated rings. The van der Waals surface area contributed by atoms with Gasteiger partial charge in [-0.15, -0.1) is 0 Å². The Morgan fingerprint density at radius 1 is 1.05 bits per heavy atom. The molecule has 1 N–H and O–H groups in total. The van der Waals surface area contributed by atoms with Gasteiger partial charge in [-0.3, -0.25) is 0 Å². The number of halogens is 2. The fraction of sp³-hybridized carbons (Fsp3) is 0.294. The zero-order valence-corrected chi connectivity index (χ0v) is 11.9. The van der Waals surface area contributed by atoms with E-state index < -0.39 is 11.6 Å². The van der Waals surface area contributed by atoms with Crippen LogP contribution in [-0.2, 0) is 19.4 Å². The molecule has 1 aliphatic rings. The standard InChI is InChI=1S/C17H17F2NO/c1-20-10-11-7-15(18)17(16(19)8-11)21-14-6-5-12-3-2-4-13(12)9-14/h5-9,20H,2-4,10H2,1H3. The maximum absolute atomic E-state index is 14.0. The van der Waals surface area contributed by atoms with Crippen molar-refractivity contribution < 1.29 is 13.5 Å². The third-order valence-electron chi connectivity index (χ3n) is 3.73. The van der Waals surface area contributed by atoms with Crippen molar-refractivity contribution in [3.63, 3.8) is 0 Å². The van der Waals surface area contributed by atoms with E-state index in [0.29, 0.717) is 17.9 Å². The average Bonchev–Trinajstić information content (AvgIpc) is 2.91. The van der Waals surface area contributed by atoms with E-state index in [0.717, 1.165) is 19.3 Å². The second kappa shape index (κ2) is 5.82. The van der Waals surface area contributed by atoms with Gasteiger partial charge in [0.2, 0.25) is 0 Å². The molecule has 3 rings (SSSR count). The largest absolute Gasteiger partial charge is 0.451 e. The van der Waals surface area contributed by atoms with E-state index in [-0.39, 0.29) is 5.75 Å². The number of hydrogen-bond acceptors (Lipinski definition) is 2. The first-order chi connectivity index (χ1) is 10.2. The van der Waals surface area contributed by atoms with Crippen molar-refractivity contribution in [3.8, 4) is 11.5 Å². The Bertz CT molecular complexity index is 647. The zero-order valence-electron chi connectivity index (χ0n) is 11.9. The highest BCUT2D eigenvalue weighted by atomic mass is 19.1. The monoisotopic (exact) mass is 289 g/mol. The predicted molar refractivity (Wildman–Crippen MR) is 77.7 cm³/mol. The summed E-state index contributed by atoms with van der Waals surface area (Å²) in [5, 5.41) is 2.86. The van der Waals surface area contributed by atoms with Crippen LogP contribution in [0.1, 0.15) is 23.1 Å². The van der Waals surface area contributed by atoms with Crippen LogP contribution in [0.3, 0.4) is 0 Å². The van der Waals surface area contributed by atoms with Crippen LogP contribution >= 0.6 is 0 Å². The number of fused-ring (bicyclic) bond motifs is 1. The fourth-order valence-corrected chi connectivity index (χ4v) is 2.75. The minimum atomic E-state index is -0.680. The van der Waals surface area contributed by atoms with Crippen molar-refractivity contribution in [3.05, 3.63) is 58.7 Å². The number of ether oxygens (including phenoxy) is 1. The van der Waals surface area contributed by atoms with E-state index >= 15 is 0 Å². The minimum Gasteiger partial charge on any atom is -0.451 e. The summed E-state index contributed by atoms with van der Waals surface area (Å²) < 4.78 is 33.4. The molecule has 0 spiro atoms. The van der Waals surface area contributed by atoms with Crippen molar-refractivity contribution in [2.45, 2.75) is 25.8 Å². The second-order valence-electron chi connectivity index (χ2n) is 5.31. The first kappa shape index (κ1) is 14.0. The second-order valence-corrected chi connectivity index (χ2v) is 5.31. The Balaban J connectivity index is 1.87. The third-order valence-corrected chi connectivity index (χ3v) is 3.73. The third kappa shape index (κ3) is 2.90. The summed E-state index contributed by atoms with van der Waals surface area (Å²) in [6.07, 6.45) is 3.19. The summed E-state index contributed by atoms with van der Waals surface area (Å²) in [6.45, 7) is 0.410. The first-order valence-electron chi connectivity index (χ1n) is 7.09. The van der Waals surface area contributed by atoms with E-state index in [1.807, 2.05) is 12.1 Å². The van der Waals surface area contributed by atoms with Crippen LogP contribution in [0.15, 0.2) is 30.3 Å². The van der Waals surface area contributed by atoms with Gasteiger partial charge >= 0.3 is 0 Å². The molecule has 0 aliphatic heterocycles. The normalized spacial score (nSPS) is 13.3. The van der Waals surface area contributed by atoms with Crippen LogP contribution in [0.2, 0.25) is 0 Å². The van der Waals surface area contributed by atoms with E-state index in [2.05, 4.69) is 5.32 Å². The molecule has 0 atom stereocenters. The molecule has 2 aromatic carbocycles. The van der Waals surface area contributed by atoms with Gasteiger partial charge in [0.1, 0.15) is 5.75 Å². The number of aryl methyl sites for hydroxylation is 2. The molecule has 4 heteroatoms. The molecule has 0 heterocycles. The molecule has 0 saturated heterocycles. The maximum atomic E-state index is 14.0. The zero-order chi connectivity index (χ0) is 14.8. The topological polar surface area (TPSA) is 21.3 Å². The molecule has 0 saturated carbocycles. The van der Waals surface area contributed by atoms with Gasteiger partial charge in [-0.05, 0) is 67.3 Å². The van der Waals surface area contributed by atoms with Crippen molar-refractivity contribution in [2.24, 2.45) is 0 Å². The lowest BCUT2D eigenvalue weighted by atomic mass is 10.1. The van der Waals surface area contributed by atoms with Crippen molar-refractivity contribution in [1.29, 1.82) is 0 Å². The summed E-state index contributed by atoms with van der Waals surface area (Å²) in [5.74, 6) is -1.22. The van der Waals surface area contributed by atoms with Crippen molar-refractivity contribution in [1.82, 2.24) is 5.32 Å². The highest BCUT2D eigenvalue weighted by molar-refractivity contribution is 5.41. The smallest absolute Gasteiger partial charge is 0.198 e. The summed E-state index contributed by atoms with van der Waals surface area (Å²) in [4.78, 5) is 0. The van der Waals surface area contributed by atoms with Gasteiger partial charge in [0, 0.05) is 6.54 Å². The van der Waals surface area contributed by atoms with Gasteiger partial charge in [-0.2, -0.15) is 0 Å². The highest BCUT2D eigenvalue weighted by Gasteiger charge is 2.16. The van der Waals surface area contributed by atoms with Gasteiger partial charge in [-0.1, -0.05) is 6.07 Å². The highest BCUT2D eigenvalue weighted by Crippen LogP contribution is 2.32. The van der Waals surface area contributed by atoms with E-state index in [9.17, 15) is 8.78 Å². The van der Waals surface area contributed by atoms with Gasteiger partial charge in [-0.25, -0.2) is 8.78 Å². The van der Waals surface area contributed by atoms with Crippen LogP contribution in [0.5, 0.6) is 11.5 Å². The summed E-state index contributed by atoms with van der Waals surface area (Å²) in [5.41, 5.74) is 3.06. The van der Waals surface area contributed by atoms with E-state index in [1.54, 1.807) is 13.1 Å². The quantitative estimate of drug-likeness (QED) is 0.919. The Kier molecular flexibility index (Phi) is 3.88. The maximum Gasteiger partial charge on any atom is 0.198 e. The van der Waals surface area contributed by atoms with Gasteiger partial charge in [0.05, 0.1) is 0 Å². The molecule has 0 bridgehead atoms. The molecule has 21 heavy (non-hydrogen) atoms. The number of hydrogen-bond donors (Lipinski definition) is 1. The predicted octanol–water partition coefficient (Wildman–Crippen LogP) is 3.97. The molecule has 2 aromatic rings. The number of rotatable bonds is 4. The number of nitrogens with one attached hydrogen (secondary N) is 1. The fourth-order valence-electron chi connectivity index (χ4n) is 2.75. The van der Waals surface area contributed by atoms with E-state index in [4.69, 9.17) is 4.74 Å². The van der Waals surface area contributed by atoms with Gasteiger partial charge < -0.3 is 10.1 Å². The summed E-state index contributed by atoms with van der Waals surface area (Å²) in [7, 11) is 1.73. The molecule has 2 nitrogen and oxygen atoms in total. The Labute approximate surface area is 122 Å². The van der Waals surface area contributed by atoms with Crippen LogP contribution in [0.4, 0.5) is 8.78 Å². The lowest BCUT2D eigenvalue weighted by molar-refractivity contribution is 0.406. The molecule has 0 amide bonds. The van der Waals surface area contributed by atoms with Gasteiger partial charge in [0.15, 0.2) is 17.4 Å². The van der Waals surface area contributed by atoms with Crippen LogP contribution in [0, 0.1) is 11.6 Å². The Hall–Kier alpha value is -1.94. The molecule has 1 aliphatic carbocycles. The Morgan fingerprint density at radius 3 is 2.48 bits per heavy atom. The molecular weight excluding hydrogens is 272 g/mol. The van der Waals surface area contributed by atoms with Crippen LogP contribution in [-0.4, -0.2) is 7.05 Å². The van der Waals surface area contributed by atoms with Crippen LogP contribution < -0.4 is 10.1 Å². The summed E-state index contributed by atoms with van der Waals surface area (Å²) in [6, 6.07) is 8.21. The van der Waals surface area contributed by atoms with Crippen molar-refractivity contribution >= 4 is 0 Å². The Morgan fingerprint density at radius 2 is 1.76 bits per heavy atom. The molecule has 110 valence electrons.